The summed E-state index contributed by atoms with van der Waals surface area (Å²) >= 11 is 0. The fourth-order valence-electron chi connectivity index (χ4n) is 4.12. The van der Waals surface area contributed by atoms with Gasteiger partial charge in [-0.15, -0.1) is 0 Å². The molecule has 5 heterocycles. The number of aromatic nitrogens is 6. The van der Waals surface area contributed by atoms with Crippen molar-refractivity contribution >= 4 is 16.7 Å². The second kappa shape index (κ2) is 7.46. The van der Waals surface area contributed by atoms with Gasteiger partial charge in [0.25, 0.3) is 0 Å². The van der Waals surface area contributed by atoms with Gasteiger partial charge >= 0.3 is 0 Å². The maximum atomic E-state index is 4.87. The van der Waals surface area contributed by atoms with Gasteiger partial charge in [0.1, 0.15) is 11.4 Å². The number of nitrogens with zero attached hydrogens (tertiary/aromatic N) is 6. The van der Waals surface area contributed by atoms with Gasteiger partial charge in [-0.2, -0.15) is 15.4 Å². The Morgan fingerprint density at radius 1 is 0.967 bits per heavy atom. The molecule has 1 saturated heterocycles. The van der Waals surface area contributed by atoms with Crippen molar-refractivity contribution in [3.05, 3.63) is 48.3 Å². The quantitative estimate of drug-likeness (QED) is 0.523. The average molecular weight is 403 g/mol. The van der Waals surface area contributed by atoms with E-state index in [1.165, 1.54) is 12.8 Å². The third-order valence-corrected chi connectivity index (χ3v) is 5.66. The molecular weight excluding hydrogens is 376 g/mol. The first-order valence-corrected chi connectivity index (χ1v) is 9.91. The average Bonchev–Trinajstić information content (AvgIpc) is 3.33. The molecule has 0 aromatic carbocycles. The van der Waals surface area contributed by atoms with E-state index in [0.29, 0.717) is 11.4 Å². The summed E-state index contributed by atoms with van der Waals surface area (Å²) in [5.74, 6) is 0. The van der Waals surface area contributed by atoms with Crippen LogP contribution in [0.15, 0.2) is 42.6 Å². The van der Waals surface area contributed by atoms with Crippen LogP contribution in [-0.4, -0.2) is 42.4 Å². The van der Waals surface area contributed by atoms with Gasteiger partial charge in [0.15, 0.2) is 0 Å². The highest BCUT2D eigenvalue weighted by Gasteiger charge is 2.32. The van der Waals surface area contributed by atoms with Crippen molar-refractivity contribution in [2.75, 3.05) is 11.4 Å². The van der Waals surface area contributed by atoms with Crippen molar-refractivity contribution in [1.82, 2.24) is 36.5 Å². The third-order valence-electron chi connectivity index (χ3n) is 5.66. The van der Waals surface area contributed by atoms with E-state index in [0.717, 1.165) is 40.3 Å². The minimum atomic E-state index is 0. The molecule has 1 aliphatic rings. The van der Waals surface area contributed by atoms with Crippen LogP contribution >= 0.6 is 0 Å². The number of fused-ring (bicyclic) bond motifs is 1. The highest BCUT2D eigenvalue weighted by molar-refractivity contribution is 5.83. The van der Waals surface area contributed by atoms with Crippen molar-refractivity contribution in [2.45, 2.75) is 39.2 Å². The predicted molar refractivity (Wildman–Crippen MR) is 119 cm³/mol. The smallest absolute Gasteiger partial charge is 0.140 e. The van der Waals surface area contributed by atoms with Crippen LogP contribution in [-0.2, 0) is 0 Å². The molecule has 4 N–H and O–H groups in total. The zero-order chi connectivity index (χ0) is 20.0. The van der Waals surface area contributed by atoms with Gasteiger partial charge < -0.3 is 11.1 Å². The Bertz CT molecular complexity index is 1200. The molecule has 0 spiro atoms. The van der Waals surface area contributed by atoms with Crippen molar-refractivity contribution in [1.29, 1.82) is 0 Å². The van der Waals surface area contributed by atoms with Gasteiger partial charge in [-0.25, -0.2) is 4.98 Å². The maximum Gasteiger partial charge on any atom is 0.140 e. The summed E-state index contributed by atoms with van der Waals surface area (Å²) in [5.41, 5.74) is 6.84. The Kier molecular flexibility index (Phi) is 4.95. The third kappa shape index (κ3) is 3.39. The summed E-state index contributed by atoms with van der Waals surface area (Å²) < 4.78 is 0. The molecule has 1 aliphatic heterocycles. The Balaban J connectivity index is 0.00000218. The van der Waals surface area contributed by atoms with Crippen LogP contribution in [0.4, 0.5) is 5.69 Å². The zero-order valence-corrected chi connectivity index (χ0v) is 17.6. The minimum absolute atomic E-state index is 0. The van der Waals surface area contributed by atoms with E-state index in [1.54, 1.807) is 0 Å². The molecule has 0 unspecified atom stereocenters. The maximum absolute atomic E-state index is 4.87. The molecule has 1 fully saturated rings. The molecule has 0 atom stereocenters. The molecule has 0 radical (unpaired) electrons. The first kappa shape index (κ1) is 19.9. The van der Waals surface area contributed by atoms with Crippen LogP contribution in [0.25, 0.3) is 33.8 Å². The molecule has 4 aromatic heterocycles. The normalized spacial score (nSPS) is 15.4. The summed E-state index contributed by atoms with van der Waals surface area (Å²) in [5, 5.41) is 11.4. The molecule has 0 saturated carbocycles. The second-order valence-electron chi connectivity index (χ2n) is 8.18. The van der Waals surface area contributed by atoms with E-state index in [4.69, 9.17) is 4.98 Å². The van der Waals surface area contributed by atoms with Gasteiger partial charge in [0.05, 0.1) is 34.3 Å². The van der Waals surface area contributed by atoms with E-state index in [9.17, 15) is 0 Å². The lowest BCUT2D eigenvalue weighted by Gasteiger charge is -2.33. The first-order valence-electron chi connectivity index (χ1n) is 9.91. The molecule has 5 rings (SSSR count). The molecule has 0 bridgehead atoms. The SMILES string of the molecule is Cc1cccc(-c2n[nH]nc2-c2ccc3ncc(N4CCCC4(C)C)cc3n2)n1.N. The van der Waals surface area contributed by atoms with Crippen LogP contribution in [0.1, 0.15) is 32.4 Å². The van der Waals surface area contributed by atoms with Gasteiger partial charge in [0, 0.05) is 17.8 Å². The first-order chi connectivity index (χ1) is 14.0. The van der Waals surface area contributed by atoms with Crippen LogP contribution < -0.4 is 11.1 Å². The molecule has 0 amide bonds. The molecule has 154 valence electrons. The standard InChI is InChI=1S/C22H23N7.H3N/c1-14-6-4-7-17(24-14)20-21(27-28-26-20)18-9-8-16-19(25-18)12-15(13-23-16)29-11-5-10-22(29,2)3;/h4,6-9,12-13H,5,10-11H2,1-3H3,(H,26,27,28);1H3. The number of anilines is 1. The van der Waals surface area contributed by atoms with Crippen molar-refractivity contribution in [2.24, 2.45) is 0 Å². The summed E-state index contributed by atoms with van der Waals surface area (Å²) in [7, 11) is 0. The number of aryl methyl sites for hydroxylation is 1. The fourth-order valence-corrected chi connectivity index (χ4v) is 4.12. The monoisotopic (exact) mass is 402 g/mol. The molecule has 8 heteroatoms. The number of aromatic amines is 1. The van der Waals surface area contributed by atoms with Crippen LogP contribution in [0.3, 0.4) is 0 Å². The number of hydrogen-bond donors (Lipinski definition) is 2. The van der Waals surface area contributed by atoms with E-state index in [-0.39, 0.29) is 11.7 Å². The zero-order valence-electron chi connectivity index (χ0n) is 17.6. The molecule has 8 nitrogen and oxygen atoms in total. The molecule has 4 aromatic rings. The predicted octanol–water partition coefficient (Wildman–Crippen LogP) is 4.33. The summed E-state index contributed by atoms with van der Waals surface area (Å²) in [4.78, 5) is 16.5. The number of nitrogens with one attached hydrogen (secondary N) is 1. The van der Waals surface area contributed by atoms with Crippen molar-refractivity contribution in [3.8, 4) is 22.8 Å². The minimum Gasteiger partial charge on any atom is -0.365 e. The second-order valence-corrected chi connectivity index (χ2v) is 8.18. The number of pyridine rings is 3. The van der Waals surface area contributed by atoms with Crippen molar-refractivity contribution in [3.63, 3.8) is 0 Å². The summed E-state index contributed by atoms with van der Waals surface area (Å²) in [6.45, 7) is 7.58. The van der Waals surface area contributed by atoms with E-state index < -0.39 is 0 Å². The largest absolute Gasteiger partial charge is 0.365 e. The number of hydrogen-bond acceptors (Lipinski definition) is 7. The van der Waals surface area contributed by atoms with E-state index in [1.807, 2.05) is 43.5 Å². The topological polar surface area (TPSA) is 118 Å². The van der Waals surface area contributed by atoms with Crippen molar-refractivity contribution < 1.29 is 0 Å². The lowest BCUT2D eigenvalue weighted by molar-refractivity contribution is 0.518. The molecule has 0 aliphatic carbocycles. The highest BCUT2D eigenvalue weighted by atomic mass is 15.3. The summed E-state index contributed by atoms with van der Waals surface area (Å²) in [6.07, 6.45) is 4.34. The number of rotatable bonds is 3. The Morgan fingerprint density at radius 2 is 1.73 bits per heavy atom. The molecular formula is C22H26N8. The Labute approximate surface area is 175 Å². The fraction of sp³-hybridized carbons (Fsp3) is 0.318. The van der Waals surface area contributed by atoms with Gasteiger partial charge in [-0.05, 0) is 63.9 Å². The lowest BCUT2D eigenvalue weighted by Crippen LogP contribution is -2.38. The van der Waals surface area contributed by atoms with Gasteiger partial charge in [-0.1, -0.05) is 6.07 Å². The molecule has 30 heavy (non-hydrogen) atoms. The Hall–Kier alpha value is -3.39. The van der Waals surface area contributed by atoms with E-state index in [2.05, 4.69) is 50.2 Å². The number of H-pyrrole nitrogens is 1. The van der Waals surface area contributed by atoms with Gasteiger partial charge in [0.2, 0.25) is 0 Å². The van der Waals surface area contributed by atoms with Crippen LogP contribution in [0.5, 0.6) is 0 Å². The van der Waals surface area contributed by atoms with Crippen LogP contribution in [0.2, 0.25) is 0 Å². The lowest BCUT2D eigenvalue weighted by atomic mass is 10.0. The van der Waals surface area contributed by atoms with Crippen LogP contribution in [0, 0.1) is 6.92 Å². The highest BCUT2D eigenvalue weighted by Crippen LogP contribution is 2.34. The summed E-state index contributed by atoms with van der Waals surface area (Å²) in [6, 6.07) is 11.9. The van der Waals surface area contributed by atoms with E-state index >= 15 is 0 Å². The van der Waals surface area contributed by atoms with Gasteiger partial charge in [-0.3, -0.25) is 9.97 Å². The Morgan fingerprint density at radius 3 is 2.43 bits per heavy atom.